The molecule has 3 rings (SSSR count). The minimum absolute atomic E-state index is 0.0659. The molecule has 0 atom stereocenters. The Balaban J connectivity index is 1.60. The number of fused-ring (bicyclic) bond motifs is 1. The summed E-state index contributed by atoms with van der Waals surface area (Å²) in [6.07, 6.45) is 3.28. The minimum Gasteiger partial charge on any atom is -0.497 e. The van der Waals surface area contributed by atoms with E-state index in [-0.39, 0.29) is 13.2 Å². The van der Waals surface area contributed by atoms with Crippen LogP contribution in [0.3, 0.4) is 0 Å². The molecule has 2 amide bonds. The Kier molecular flexibility index (Phi) is 5.91. The Morgan fingerprint density at radius 3 is 2.57 bits per heavy atom. The molecule has 0 spiro atoms. The molecule has 0 fully saturated rings. The topological polar surface area (TPSA) is 108 Å². The molecular weight excluding hydrogens is 360 g/mol. The number of nitrogens with one attached hydrogen (secondary N) is 1. The molecule has 0 saturated heterocycles. The number of carbonyl (C=O) groups is 2. The Morgan fingerprint density at radius 1 is 1.14 bits per heavy atom. The second kappa shape index (κ2) is 8.72. The molecule has 3 aromatic rings. The van der Waals surface area contributed by atoms with Crippen molar-refractivity contribution in [2.75, 3.05) is 13.7 Å². The lowest BCUT2D eigenvalue weighted by atomic mass is 10.2. The molecule has 8 heteroatoms. The normalized spacial score (nSPS) is 10.9. The third kappa shape index (κ3) is 4.67. The summed E-state index contributed by atoms with van der Waals surface area (Å²) in [7, 11) is 1.58. The molecule has 144 valence electrons. The van der Waals surface area contributed by atoms with Gasteiger partial charge in [-0.05, 0) is 30.3 Å². The fourth-order valence-electron chi connectivity index (χ4n) is 2.70. The van der Waals surface area contributed by atoms with Crippen molar-refractivity contribution < 1.29 is 19.1 Å². The maximum absolute atomic E-state index is 11.9. The van der Waals surface area contributed by atoms with E-state index in [1.54, 1.807) is 42.1 Å². The fourth-order valence-corrected chi connectivity index (χ4v) is 2.70. The van der Waals surface area contributed by atoms with Gasteiger partial charge < -0.3 is 19.8 Å². The molecular formula is C20H20N4O4. The van der Waals surface area contributed by atoms with Crippen LogP contribution in [0.5, 0.6) is 11.5 Å². The summed E-state index contributed by atoms with van der Waals surface area (Å²) >= 11 is 0. The molecule has 8 nitrogen and oxygen atoms in total. The van der Waals surface area contributed by atoms with Crippen LogP contribution in [-0.2, 0) is 16.1 Å². The smallest absolute Gasteiger partial charge is 0.277 e. The molecule has 0 aliphatic carbocycles. The number of methoxy groups -OCH3 is 1. The number of rotatable bonds is 8. The summed E-state index contributed by atoms with van der Waals surface area (Å²) in [5, 5.41) is 4.87. The van der Waals surface area contributed by atoms with E-state index in [0.29, 0.717) is 11.5 Å². The first-order valence-corrected chi connectivity index (χ1v) is 8.52. The molecule has 1 heterocycles. The molecule has 0 bridgehead atoms. The predicted molar refractivity (Wildman–Crippen MR) is 105 cm³/mol. The molecule has 2 aromatic carbocycles. The van der Waals surface area contributed by atoms with Crippen LogP contribution in [0.25, 0.3) is 10.9 Å². The average Bonchev–Trinajstić information content (AvgIpc) is 3.04. The van der Waals surface area contributed by atoms with Crippen LogP contribution in [0, 0.1) is 0 Å². The number of ether oxygens (including phenoxy) is 2. The number of hydrogen-bond donors (Lipinski definition) is 2. The van der Waals surface area contributed by atoms with Gasteiger partial charge in [0.15, 0.2) is 6.61 Å². The third-order valence-electron chi connectivity index (χ3n) is 3.97. The largest absolute Gasteiger partial charge is 0.497 e. The van der Waals surface area contributed by atoms with Gasteiger partial charge in [-0.25, -0.2) is 5.43 Å². The highest BCUT2D eigenvalue weighted by Gasteiger charge is 2.08. The maximum atomic E-state index is 11.9. The highest BCUT2D eigenvalue weighted by molar-refractivity contribution is 6.00. The molecule has 0 aliphatic heterocycles. The summed E-state index contributed by atoms with van der Waals surface area (Å²) in [5.41, 5.74) is 9.33. The van der Waals surface area contributed by atoms with Crippen LogP contribution in [0.2, 0.25) is 0 Å². The number of para-hydroxylation sites is 1. The van der Waals surface area contributed by atoms with Crippen molar-refractivity contribution in [3.8, 4) is 11.5 Å². The van der Waals surface area contributed by atoms with Crippen LogP contribution in [0.4, 0.5) is 0 Å². The first-order chi connectivity index (χ1) is 13.6. The zero-order valence-corrected chi connectivity index (χ0v) is 15.3. The van der Waals surface area contributed by atoms with E-state index in [0.717, 1.165) is 16.5 Å². The van der Waals surface area contributed by atoms with Gasteiger partial charge in [0, 0.05) is 22.7 Å². The average molecular weight is 380 g/mol. The van der Waals surface area contributed by atoms with Crippen molar-refractivity contribution in [1.82, 2.24) is 9.99 Å². The standard InChI is InChI=1S/C20H20N4O4/c1-27-15-6-8-16(9-7-15)28-13-20(26)23-22-10-14-11-24(12-19(21)25)18-5-3-2-4-17(14)18/h2-11H,12-13H2,1H3,(H2,21,25)(H,23,26)/b22-10+. The van der Waals surface area contributed by atoms with E-state index in [1.165, 1.54) is 6.21 Å². The highest BCUT2D eigenvalue weighted by atomic mass is 16.5. The first-order valence-electron chi connectivity index (χ1n) is 8.52. The molecule has 3 N–H and O–H groups in total. The van der Waals surface area contributed by atoms with Gasteiger partial charge in [-0.3, -0.25) is 9.59 Å². The Hall–Kier alpha value is -3.81. The summed E-state index contributed by atoms with van der Waals surface area (Å²) in [6.45, 7) is -0.108. The third-order valence-corrected chi connectivity index (χ3v) is 3.97. The summed E-state index contributed by atoms with van der Waals surface area (Å²) < 4.78 is 12.2. The van der Waals surface area contributed by atoms with Crippen LogP contribution >= 0.6 is 0 Å². The number of hydrazone groups is 1. The van der Waals surface area contributed by atoms with Crippen LogP contribution in [-0.4, -0.2) is 36.3 Å². The summed E-state index contributed by atoms with van der Waals surface area (Å²) in [4.78, 5) is 23.1. The van der Waals surface area contributed by atoms with Crippen molar-refractivity contribution >= 4 is 28.9 Å². The number of aromatic nitrogens is 1. The highest BCUT2D eigenvalue weighted by Crippen LogP contribution is 2.20. The second-order valence-electron chi connectivity index (χ2n) is 5.95. The van der Waals surface area contributed by atoms with Gasteiger partial charge in [0.25, 0.3) is 5.91 Å². The van der Waals surface area contributed by atoms with E-state index in [1.807, 2.05) is 24.3 Å². The SMILES string of the molecule is COc1ccc(OCC(=O)N/N=C/c2cn(CC(N)=O)c3ccccc23)cc1. The Bertz CT molecular complexity index is 1010. The van der Waals surface area contributed by atoms with Gasteiger partial charge >= 0.3 is 0 Å². The van der Waals surface area contributed by atoms with E-state index in [9.17, 15) is 9.59 Å². The summed E-state index contributed by atoms with van der Waals surface area (Å²) in [6, 6.07) is 14.5. The monoisotopic (exact) mass is 380 g/mol. The minimum atomic E-state index is -0.437. The number of carbonyl (C=O) groups excluding carboxylic acids is 2. The van der Waals surface area contributed by atoms with Crippen molar-refractivity contribution in [1.29, 1.82) is 0 Å². The Labute approximate surface area is 161 Å². The van der Waals surface area contributed by atoms with Gasteiger partial charge in [-0.15, -0.1) is 0 Å². The molecule has 0 unspecified atom stereocenters. The van der Waals surface area contributed by atoms with Gasteiger partial charge in [-0.2, -0.15) is 5.10 Å². The number of nitrogens with zero attached hydrogens (tertiary/aromatic N) is 2. The zero-order valence-electron chi connectivity index (χ0n) is 15.3. The molecule has 0 radical (unpaired) electrons. The fraction of sp³-hybridized carbons (Fsp3) is 0.150. The molecule has 1 aromatic heterocycles. The number of amides is 2. The van der Waals surface area contributed by atoms with Gasteiger partial charge in [-0.1, -0.05) is 18.2 Å². The number of benzene rings is 2. The van der Waals surface area contributed by atoms with E-state index < -0.39 is 11.8 Å². The van der Waals surface area contributed by atoms with Crippen molar-refractivity contribution in [2.45, 2.75) is 6.54 Å². The second-order valence-corrected chi connectivity index (χ2v) is 5.95. The molecule has 28 heavy (non-hydrogen) atoms. The van der Waals surface area contributed by atoms with Crippen LogP contribution in [0.1, 0.15) is 5.56 Å². The van der Waals surface area contributed by atoms with Crippen LogP contribution < -0.4 is 20.6 Å². The zero-order chi connectivity index (χ0) is 19.9. The maximum Gasteiger partial charge on any atom is 0.277 e. The predicted octanol–water partition coefficient (Wildman–Crippen LogP) is 1.66. The number of nitrogens with two attached hydrogens (primary N) is 1. The number of primary amides is 1. The van der Waals surface area contributed by atoms with E-state index in [4.69, 9.17) is 15.2 Å². The lowest BCUT2D eigenvalue weighted by Crippen LogP contribution is -2.24. The van der Waals surface area contributed by atoms with Gasteiger partial charge in [0.05, 0.1) is 13.3 Å². The van der Waals surface area contributed by atoms with E-state index in [2.05, 4.69) is 10.5 Å². The quantitative estimate of drug-likeness (QED) is 0.458. The lowest BCUT2D eigenvalue weighted by molar-refractivity contribution is -0.123. The lowest BCUT2D eigenvalue weighted by Gasteiger charge is -2.05. The van der Waals surface area contributed by atoms with E-state index >= 15 is 0 Å². The van der Waals surface area contributed by atoms with Gasteiger partial charge in [0.1, 0.15) is 18.0 Å². The number of hydrogen-bond acceptors (Lipinski definition) is 5. The molecule has 0 saturated carbocycles. The van der Waals surface area contributed by atoms with Gasteiger partial charge in [0.2, 0.25) is 5.91 Å². The summed E-state index contributed by atoms with van der Waals surface area (Å²) in [5.74, 6) is 0.424. The Morgan fingerprint density at radius 2 is 1.86 bits per heavy atom. The van der Waals surface area contributed by atoms with Crippen molar-refractivity contribution in [3.05, 3.63) is 60.3 Å². The molecule has 0 aliphatic rings. The van der Waals surface area contributed by atoms with Crippen molar-refractivity contribution in [3.63, 3.8) is 0 Å². The van der Waals surface area contributed by atoms with Crippen LogP contribution in [0.15, 0.2) is 59.8 Å². The first kappa shape index (κ1) is 19.0. The van der Waals surface area contributed by atoms with Crippen molar-refractivity contribution in [2.24, 2.45) is 10.8 Å².